The molecule has 0 saturated heterocycles. The molecule has 0 unspecified atom stereocenters. The van der Waals surface area contributed by atoms with E-state index in [1.54, 1.807) is 6.07 Å². The summed E-state index contributed by atoms with van der Waals surface area (Å²) in [5.41, 5.74) is 4.77. The third-order valence-corrected chi connectivity index (χ3v) is 1.14. The van der Waals surface area contributed by atoms with Crippen LogP contribution in [0.1, 0.15) is 10.4 Å². The lowest BCUT2D eigenvalue weighted by Crippen LogP contribution is -2.12. The van der Waals surface area contributed by atoms with Crippen LogP contribution in [0.5, 0.6) is 0 Å². The number of nitrogens with two attached hydrogens (primary N) is 1. The highest BCUT2D eigenvalue weighted by Crippen LogP contribution is 2.03. The topological polar surface area (TPSA) is 43.1 Å². The molecule has 0 aliphatic rings. The average Bonchev–Trinajstić information content (AvgIpc) is 1.88. The van der Waals surface area contributed by atoms with Crippen molar-refractivity contribution in [2.45, 2.75) is 0 Å². The predicted octanol–water partition coefficient (Wildman–Crippen LogP) is 1.77. The molecule has 1 rings (SSSR count). The molecule has 0 aromatic heterocycles. The van der Waals surface area contributed by atoms with Crippen molar-refractivity contribution in [3.63, 3.8) is 0 Å². The summed E-state index contributed by atoms with van der Waals surface area (Å²) >= 11 is 0. The Morgan fingerprint density at radius 2 is 1.75 bits per heavy atom. The van der Waals surface area contributed by atoms with Gasteiger partial charge >= 0.3 is 0 Å². The minimum atomic E-state index is -0.738. The Balaban J connectivity index is 0. The van der Waals surface area contributed by atoms with Crippen LogP contribution in [-0.4, -0.2) is 5.91 Å². The Labute approximate surface area is 81.8 Å². The van der Waals surface area contributed by atoms with Crippen LogP contribution in [0.15, 0.2) is 24.3 Å². The van der Waals surface area contributed by atoms with Crippen LogP contribution in [0.2, 0.25) is 0 Å². The third kappa shape index (κ3) is 3.07. The zero-order valence-electron chi connectivity index (χ0n) is 5.99. The van der Waals surface area contributed by atoms with Crippen LogP contribution < -0.4 is 5.73 Å². The van der Waals surface area contributed by atoms with E-state index >= 15 is 0 Å². The maximum absolute atomic E-state index is 12.5. The van der Waals surface area contributed by atoms with Gasteiger partial charge in [0.05, 0.1) is 5.56 Å². The van der Waals surface area contributed by atoms with E-state index in [2.05, 4.69) is 0 Å². The fourth-order valence-corrected chi connectivity index (χ4v) is 0.661. The van der Waals surface area contributed by atoms with Gasteiger partial charge in [-0.25, -0.2) is 4.39 Å². The van der Waals surface area contributed by atoms with E-state index in [1.165, 1.54) is 18.2 Å². The van der Waals surface area contributed by atoms with Crippen LogP contribution in [0, 0.1) is 5.82 Å². The van der Waals surface area contributed by atoms with Crippen LogP contribution in [-0.2, 0) is 0 Å². The summed E-state index contributed by atoms with van der Waals surface area (Å²) in [4.78, 5) is 10.4. The van der Waals surface area contributed by atoms with Gasteiger partial charge in [0.25, 0.3) is 5.91 Å². The van der Waals surface area contributed by atoms with Crippen molar-refractivity contribution in [1.29, 1.82) is 0 Å². The van der Waals surface area contributed by atoms with Gasteiger partial charge in [0, 0.05) is 0 Å². The minimum Gasteiger partial charge on any atom is -0.366 e. The summed E-state index contributed by atoms with van der Waals surface area (Å²) < 4.78 is 12.5. The summed E-state index contributed by atoms with van der Waals surface area (Å²) in [5, 5.41) is 0. The normalized spacial score (nSPS) is 7.75. The number of carbonyl (C=O) groups is 1. The Bertz CT molecular complexity index is 267. The number of hydrogen-bond acceptors (Lipinski definition) is 1. The molecule has 0 aliphatic carbocycles. The fraction of sp³-hybridized carbons (Fsp3) is 0. The van der Waals surface area contributed by atoms with Gasteiger partial charge < -0.3 is 5.73 Å². The molecule has 0 heterocycles. The molecule has 0 saturated carbocycles. The monoisotopic (exact) mass is 211 g/mol. The van der Waals surface area contributed by atoms with Gasteiger partial charge in [0.1, 0.15) is 5.82 Å². The van der Waals surface area contributed by atoms with E-state index in [4.69, 9.17) is 5.73 Å². The number of amides is 1. The van der Waals surface area contributed by atoms with Gasteiger partial charge in [-0.1, -0.05) is 12.1 Å². The molecule has 0 atom stereocenters. The van der Waals surface area contributed by atoms with Crippen LogP contribution in [0.3, 0.4) is 0 Å². The second-order valence-electron chi connectivity index (χ2n) is 1.84. The molecule has 5 heteroatoms. The van der Waals surface area contributed by atoms with Crippen LogP contribution in [0.25, 0.3) is 0 Å². The SMILES string of the molecule is Cl.Cl.NC(=O)c1ccccc1F. The van der Waals surface area contributed by atoms with Crippen molar-refractivity contribution >= 4 is 30.7 Å². The molecular weight excluding hydrogens is 204 g/mol. The minimum absolute atomic E-state index is 0. The van der Waals surface area contributed by atoms with E-state index in [1.807, 2.05) is 0 Å². The first-order chi connectivity index (χ1) is 4.72. The molecule has 12 heavy (non-hydrogen) atoms. The smallest absolute Gasteiger partial charge is 0.251 e. The van der Waals surface area contributed by atoms with E-state index in [0.717, 1.165) is 0 Å². The summed E-state index contributed by atoms with van der Waals surface area (Å²) in [6.45, 7) is 0. The molecule has 0 fully saturated rings. The summed E-state index contributed by atoms with van der Waals surface area (Å²) in [6.07, 6.45) is 0. The Hall–Kier alpha value is -0.800. The van der Waals surface area contributed by atoms with E-state index < -0.39 is 11.7 Å². The summed E-state index contributed by atoms with van der Waals surface area (Å²) in [6, 6.07) is 5.60. The number of benzene rings is 1. The lowest BCUT2D eigenvalue weighted by molar-refractivity contribution is 0.0996. The Morgan fingerprint density at radius 1 is 1.25 bits per heavy atom. The largest absolute Gasteiger partial charge is 0.366 e. The summed E-state index contributed by atoms with van der Waals surface area (Å²) in [7, 11) is 0. The first-order valence-corrected chi connectivity index (χ1v) is 2.76. The highest BCUT2D eigenvalue weighted by molar-refractivity contribution is 5.92. The van der Waals surface area contributed by atoms with Crippen molar-refractivity contribution in [3.05, 3.63) is 35.6 Å². The standard InChI is InChI=1S/C7H6FNO.2ClH/c8-6-4-2-1-3-5(6)7(9)10;;/h1-4H,(H2,9,10);2*1H. The third-order valence-electron chi connectivity index (χ3n) is 1.14. The van der Waals surface area contributed by atoms with Crippen molar-refractivity contribution in [2.75, 3.05) is 0 Å². The lowest BCUT2D eigenvalue weighted by Gasteiger charge is -1.94. The number of hydrogen-bond donors (Lipinski definition) is 1. The second kappa shape index (κ2) is 5.80. The van der Waals surface area contributed by atoms with Gasteiger partial charge in [-0.2, -0.15) is 0 Å². The average molecular weight is 212 g/mol. The van der Waals surface area contributed by atoms with Crippen LogP contribution in [0.4, 0.5) is 4.39 Å². The van der Waals surface area contributed by atoms with Crippen molar-refractivity contribution in [2.24, 2.45) is 5.73 Å². The zero-order chi connectivity index (χ0) is 7.56. The first-order valence-electron chi connectivity index (χ1n) is 2.76. The maximum Gasteiger partial charge on any atom is 0.251 e. The van der Waals surface area contributed by atoms with Crippen molar-refractivity contribution in [3.8, 4) is 0 Å². The Morgan fingerprint density at radius 3 is 2.08 bits per heavy atom. The molecule has 0 radical (unpaired) electrons. The van der Waals surface area contributed by atoms with E-state index in [-0.39, 0.29) is 30.4 Å². The highest BCUT2D eigenvalue weighted by Gasteiger charge is 2.04. The molecule has 2 N–H and O–H groups in total. The fourth-order valence-electron chi connectivity index (χ4n) is 0.661. The Kier molecular flexibility index (Phi) is 6.65. The molecule has 0 bridgehead atoms. The van der Waals surface area contributed by atoms with E-state index in [9.17, 15) is 9.18 Å². The lowest BCUT2D eigenvalue weighted by atomic mass is 10.2. The van der Waals surface area contributed by atoms with Crippen LogP contribution >= 0.6 is 24.8 Å². The number of carbonyl (C=O) groups excluding carboxylic acids is 1. The van der Waals surface area contributed by atoms with Gasteiger partial charge in [0.2, 0.25) is 0 Å². The molecule has 1 aromatic rings. The molecule has 0 spiro atoms. The van der Waals surface area contributed by atoms with E-state index in [0.29, 0.717) is 0 Å². The first kappa shape index (κ1) is 13.8. The molecular formula is C7H8Cl2FNO. The molecule has 68 valence electrons. The number of primary amides is 1. The number of halogens is 3. The molecule has 1 aromatic carbocycles. The molecule has 0 aliphatic heterocycles. The van der Waals surface area contributed by atoms with Gasteiger partial charge in [-0.15, -0.1) is 24.8 Å². The zero-order valence-corrected chi connectivity index (χ0v) is 7.62. The van der Waals surface area contributed by atoms with Gasteiger partial charge in [-0.05, 0) is 12.1 Å². The summed E-state index contributed by atoms with van der Waals surface area (Å²) in [5.74, 6) is -1.31. The second-order valence-corrected chi connectivity index (χ2v) is 1.84. The molecule has 2 nitrogen and oxygen atoms in total. The van der Waals surface area contributed by atoms with Crippen molar-refractivity contribution in [1.82, 2.24) is 0 Å². The maximum atomic E-state index is 12.5. The van der Waals surface area contributed by atoms with Gasteiger partial charge in [-0.3, -0.25) is 4.79 Å². The molecule has 1 amide bonds. The quantitative estimate of drug-likeness (QED) is 0.757. The highest BCUT2D eigenvalue weighted by atomic mass is 35.5. The van der Waals surface area contributed by atoms with Crippen molar-refractivity contribution < 1.29 is 9.18 Å². The predicted molar refractivity (Wildman–Crippen MR) is 49.4 cm³/mol. The number of rotatable bonds is 1. The van der Waals surface area contributed by atoms with Gasteiger partial charge in [0.15, 0.2) is 0 Å².